The fraction of sp³-hybridized carbons (Fsp3) is 0.400. The van der Waals surface area contributed by atoms with Gasteiger partial charge in [-0.05, 0) is 36.0 Å². The summed E-state index contributed by atoms with van der Waals surface area (Å²) in [7, 11) is 0. The Morgan fingerprint density at radius 3 is 2.92 bits per heavy atom. The Morgan fingerprint density at radius 2 is 2.12 bits per heavy atom. The molecule has 1 aromatic heterocycles. The van der Waals surface area contributed by atoms with Crippen molar-refractivity contribution in [2.75, 3.05) is 13.1 Å². The van der Waals surface area contributed by atoms with Gasteiger partial charge in [0.1, 0.15) is 6.61 Å². The lowest BCUT2D eigenvalue weighted by Crippen LogP contribution is -2.43. The first-order chi connectivity index (χ1) is 12.2. The summed E-state index contributed by atoms with van der Waals surface area (Å²) in [4.78, 5) is 11.0. The van der Waals surface area contributed by atoms with Crippen LogP contribution in [-0.4, -0.2) is 28.9 Å². The van der Waals surface area contributed by atoms with E-state index in [9.17, 15) is 0 Å². The van der Waals surface area contributed by atoms with Gasteiger partial charge < -0.3 is 15.4 Å². The van der Waals surface area contributed by atoms with Crippen LogP contribution in [0.3, 0.4) is 0 Å². The summed E-state index contributed by atoms with van der Waals surface area (Å²) >= 11 is 0. The predicted molar refractivity (Wildman–Crippen MR) is 100 cm³/mol. The van der Waals surface area contributed by atoms with Crippen LogP contribution in [0.4, 0.5) is 0 Å². The van der Waals surface area contributed by atoms with Crippen LogP contribution in [0.2, 0.25) is 0 Å². The smallest absolute Gasteiger partial charge is 0.213 e. The van der Waals surface area contributed by atoms with Gasteiger partial charge in [-0.25, -0.2) is 9.98 Å². The summed E-state index contributed by atoms with van der Waals surface area (Å²) in [6.07, 6.45) is 4.21. The monoisotopic (exact) mass is 338 g/mol. The average molecular weight is 338 g/mol. The number of aliphatic imine (C=N–C) groups is 1. The lowest BCUT2D eigenvalue weighted by Gasteiger charge is -2.31. The third-order valence-electron chi connectivity index (χ3n) is 4.43. The number of guanidine groups is 1. The zero-order chi connectivity index (χ0) is 17.5. The Balaban J connectivity index is 1.56. The van der Waals surface area contributed by atoms with E-state index in [-0.39, 0.29) is 0 Å². The summed E-state index contributed by atoms with van der Waals surface area (Å²) < 4.78 is 5.77. The van der Waals surface area contributed by atoms with Crippen molar-refractivity contribution in [2.24, 2.45) is 16.6 Å². The molecular formula is C20H26N4O. The van der Waals surface area contributed by atoms with E-state index in [0.29, 0.717) is 30.9 Å². The van der Waals surface area contributed by atoms with Crippen LogP contribution in [0.1, 0.15) is 30.9 Å². The molecule has 3 rings (SSSR count). The van der Waals surface area contributed by atoms with Crippen molar-refractivity contribution in [3.63, 3.8) is 0 Å². The molecule has 0 bridgehead atoms. The van der Waals surface area contributed by atoms with E-state index in [2.05, 4.69) is 21.8 Å². The van der Waals surface area contributed by atoms with E-state index in [0.717, 1.165) is 24.2 Å². The molecule has 5 heteroatoms. The second kappa shape index (κ2) is 8.51. The molecule has 1 atom stereocenters. The van der Waals surface area contributed by atoms with E-state index < -0.39 is 0 Å². The zero-order valence-electron chi connectivity index (χ0n) is 14.8. The zero-order valence-corrected chi connectivity index (χ0v) is 14.8. The van der Waals surface area contributed by atoms with E-state index >= 15 is 0 Å². The fourth-order valence-corrected chi connectivity index (χ4v) is 3.03. The Morgan fingerprint density at radius 1 is 1.28 bits per heavy atom. The van der Waals surface area contributed by atoms with Crippen LogP contribution in [0.25, 0.3) is 0 Å². The highest BCUT2D eigenvalue weighted by molar-refractivity contribution is 5.78. The number of hydrogen-bond donors (Lipinski definition) is 1. The highest BCUT2D eigenvalue weighted by Crippen LogP contribution is 2.16. The Kier molecular flexibility index (Phi) is 5.88. The number of pyridine rings is 1. The lowest BCUT2D eigenvalue weighted by molar-refractivity contribution is 0.270. The fourth-order valence-electron chi connectivity index (χ4n) is 3.03. The van der Waals surface area contributed by atoms with Crippen molar-refractivity contribution in [3.05, 3.63) is 59.8 Å². The minimum Gasteiger partial charge on any atom is -0.473 e. The summed E-state index contributed by atoms with van der Waals surface area (Å²) in [5.41, 5.74) is 8.33. The molecule has 1 unspecified atom stereocenters. The van der Waals surface area contributed by atoms with Gasteiger partial charge in [0.15, 0.2) is 5.96 Å². The maximum Gasteiger partial charge on any atom is 0.213 e. The summed E-state index contributed by atoms with van der Waals surface area (Å²) in [5, 5.41) is 0. The molecule has 5 nitrogen and oxygen atoms in total. The molecule has 0 amide bonds. The van der Waals surface area contributed by atoms with Gasteiger partial charge in [0.05, 0.1) is 6.54 Å². The van der Waals surface area contributed by atoms with Crippen molar-refractivity contribution in [1.29, 1.82) is 0 Å². The van der Waals surface area contributed by atoms with Crippen LogP contribution in [-0.2, 0) is 13.2 Å². The topological polar surface area (TPSA) is 63.7 Å². The summed E-state index contributed by atoms with van der Waals surface area (Å²) in [6, 6.07) is 13.9. The normalized spacial score (nSPS) is 18.2. The minimum atomic E-state index is 0.508. The molecule has 1 aromatic carbocycles. The molecule has 2 N–H and O–H groups in total. The number of hydrogen-bond acceptors (Lipinski definition) is 3. The van der Waals surface area contributed by atoms with Crippen LogP contribution in [0.15, 0.2) is 53.7 Å². The van der Waals surface area contributed by atoms with Crippen LogP contribution >= 0.6 is 0 Å². The Hall–Kier alpha value is -2.56. The molecule has 0 spiro atoms. The summed E-state index contributed by atoms with van der Waals surface area (Å²) in [6.45, 7) is 5.31. The SMILES string of the molecule is CC1CCCN(C(N)=NCc2ccnc(OCc3ccccc3)c2)C1. The molecule has 1 aliphatic heterocycles. The van der Waals surface area contributed by atoms with Crippen LogP contribution in [0.5, 0.6) is 5.88 Å². The first kappa shape index (κ1) is 17.3. The van der Waals surface area contributed by atoms with Crippen molar-refractivity contribution >= 4 is 5.96 Å². The van der Waals surface area contributed by atoms with Gasteiger partial charge in [-0.15, -0.1) is 0 Å². The second-order valence-corrected chi connectivity index (χ2v) is 6.64. The molecule has 2 aromatic rings. The number of benzene rings is 1. The van der Waals surface area contributed by atoms with Crippen LogP contribution < -0.4 is 10.5 Å². The first-order valence-corrected chi connectivity index (χ1v) is 8.87. The van der Waals surface area contributed by atoms with E-state index in [1.807, 2.05) is 42.5 Å². The van der Waals surface area contributed by atoms with Gasteiger partial charge in [0.2, 0.25) is 5.88 Å². The molecule has 1 saturated heterocycles. The molecule has 0 radical (unpaired) electrons. The third-order valence-corrected chi connectivity index (χ3v) is 4.43. The number of nitrogens with two attached hydrogens (primary N) is 1. The largest absolute Gasteiger partial charge is 0.473 e. The molecule has 25 heavy (non-hydrogen) atoms. The molecule has 0 aliphatic carbocycles. The van der Waals surface area contributed by atoms with Gasteiger partial charge in [0, 0.05) is 25.4 Å². The van der Waals surface area contributed by atoms with Gasteiger partial charge in [0.25, 0.3) is 0 Å². The predicted octanol–water partition coefficient (Wildman–Crippen LogP) is 3.21. The molecule has 1 aliphatic rings. The van der Waals surface area contributed by atoms with Crippen LogP contribution in [0, 0.1) is 5.92 Å². The molecule has 132 valence electrons. The number of likely N-dealkylation sites (tertiary alicyclic amines) is 1. The van der Waals surface area contributed by atoms with Crippen molar-refractivity contribution in [1.82, 2.24) is 9.88 Å². The number of rotatable bonds is 5. The van der Waals surface area contributed by atoms with E-state index in [1.165, 1.54) is 12.8 Å². The molecular weight excluding hydrogens is 312 g/mol. The number of aromatic nitrogens is 1. The molecule has 0 saturated carbocycles. The average Bonchev–Trinajstić information content (AvgIpc) is 2.66. The summed E-state index contributed by atoms with van der Waals surface area (Å²) in [5.74, 6) is 1.93. The lowest BCUT2D eigenvalue weighted by atomic mass is 10.0. The minimum absolute atomic E-state index is 0.508. The maximum atomic E-state index is 6.16. The maximum absolute atomic E-state index is 6.16. The van der Waals surface area contributed by atoms with E-state index in [4.69, 9.17) is 10.5 Å². The van der Waals surface area contributed by atoms with Gasteiger partial charge in [-0.2, -0.15) is 0 Å². The quantitative estimate of drug-likeness (QED) is 0.672. The van der Waals surface area contributed by atoms with Gasteiger partial charge in [-0.1, -0.05) is 37.3 Å². The standard InChI is InChI=1S/C20H26N4O/c1-16-6-5-11-24(14-16)20(21)23-13-18-9-10-22-19(12-18)25-15-17-7-3-2-4-8-17/h2-4,7-10,12,16H,5-6,11,13-15H2,1H3,(H2,21,23). The Labute approximate surface area is 149 Å². The molecule has 1 fully saturated rings. The van der Waals surface area contributed by atoms with Crippen molar-refractivity contribution < 1.29 is 4.74 Å². The van der Waals surface area contributed by atoms with Gasteiger partial charge >= 0.3 is 0 Å². The van der Waals surface area contributed by atoms with Gasteiger partial charge in [-0.3, -0.25) is 0 Å². The number of piperidine rings is 1. The second-order valence-electron chi connectivity index (χ2n) is 6.64. The first-order valence-electron chi connectivity index (χ1n) is 8.87. The Bertz CT molecular complexity index is 702. The highest BCUT2D eigenvalue weighted by atomic mass is 16.5. The number of nitrogens with zero attached hydrogens (tertiary/aromatic N) is 3. The van der Waals surface area contributed by atoms with E-state index in [1.54, 1.807) is 6.20 Å². The molecule has 2 heterocycles. The third kappa shape index (κ3) is 5.21. The highest BCUT2D eigenvalue weighted by Gasteiger charge is 2.17. The van der Waals surface area contributed by atoms with Crippen molar-refractivity contribution in [2.45, 2.75) is 32.9 Å². The van der Waals surface area contributed by atoms with Crippen molar-refractivity contribution in [3.8, 4) is 5.88 Å². The number of ether oxygens (including phenoxy) is 1.